The third kappa shape index (κ3) is 3.94. The minimum Gasteiger partial charge on any atom is -0.340 e. The molecule has 5 nitrogen and oxygen atoms in total. The summed E-state index contributed by atoms with van der Waals surface area (Å²) in [5, 5.41) is 7.78. The van der Waals surface area contributed by atoms with Gasteiger partial charge in [-0.3, -0.25) is 9.48 Å². The molecule has 1 N–H and O–H groups in total. The van der Waals surface area contributed by atoms with Crippen molar-refractivity contribution in [2.75, 3.05) is 26.7 Å². The highest BCUT2D eigenvalue weighted by Crippen LogP contribution is 2.16. The fraction of sp³-hybridized carbons (Fsp3) is 0.692. The van der Waals surface area contributed by atoms with Gasteiger partial charge in [0, 0.05) is 26.3 Å². The molecule has 1 aliphatic rings. The second-order valence-electron chi connectivity index (χ2n) is 4.91. The molecule has 108 valence electrons. The summed E-state index contributed by atoms with van der Waals surface area (Å²) < 4.78 is 1.93. The van der Waals surface area contributed by atoms with Gasteiger partial charge in [-0.15, -0.1) is 12.4 Å². The first-order valence-electron chi connectivity index (χ1n) is 6.73. The van der Waals surface area contributed by atoms with Crippen molar-refractivity contribution in [3.8, 4) is 0 Å². The molecular formula is C13H23ClN4O. The van der Waals surface area contributed by atoms with Gasteiger partial charge in [-0.05, 0) is 31.9 Å². The Labute approximate surface area is 120 Å². The number of carbonyl (C=O) groups is 1. The van der Waals surface area contributed by atoms with Gasteiger partial charge in [-0.25, -0.2) is 0 Å². The van der Waals surface area contributed by atoms with E-state index in [2.05, 4.69) is 17.3 Å². The number of nitrogens with one attached hydrogen (secondary N) is 1. The number of piperidine rings is 1. The van der Waals surface area contributed by atoms with Gasteiger partial charge in [-0.2, -0.15) is 5.10 Å². The molecule has 2 rings (SSSR count). The van der Waals surface area contributed by atoms with Crippen LogP contribution in [0.5, 0.6) is 0 Å². The van der Waals surface area contributed by atoms with Crippen molar-refractivity contribution in [2.45, 2.75) is 32.2 Å². The molecule has 0 radical (unpaired) electrons. The Morgan fingerprint density at radius 2 is 2.42 bits per heavy atom. The van der Waals surface area contributed by atoms with Gasteiger partial charge in [0.25, 0.3) is 5.91 Å². The predicted molar refractivity (Wildman–Crippen MR) is 77.9 cm³/mol. The number of amides is 1. The van der Waals surface area contributed by atoms with Crippen LogP contribution >= 0.6 is 12.4 Å². The molecule has 0 aromatic carbocycles. The van der Waals surface area contributed by atoms with E-state index in [1.807, 2.05) is 24.0 Å². The largest absolute Gasteiger partial charge is 0.340 e. The number of aromatic nitrogens is 2. The zero-order chi connectivity index (χ0) is 13.0. The van der Waals surface area contributed by atoms with E-state index in [1.165, 1.54) is 6.42 Å². The van der Waals surface area contributed by atoms with Crippen LogP contribution < -0.4 is 5.32 Å². The molecule has 1 aromatic heterocycles. The van der Waals surface area contributed by atoms with Crippen LogP contribution in [0.4, 0.5) is 0 Å². The van der Waals surface area contributed by atoms with E-state index < -0.39 is 0 Å². The Morgan fingerprint density at radius 3 is 3.05 bits per heavy atom. The summed E-state index contributed by atoms with van der Waals surface area (Å²) in [5.41, 5.74) is 0.552. The van der Waals surface area contributed by atoms with Crippen molar-refractivity contribution in [3.05, 3.63) is 18.0 Å². The summed E-state index contributed by atoms with van der Waals surface area (Å²) >= 11 is 0. The number of nitrogens with zero attached hydrogens (tertiary/aromatic N) is 3. The molecule has 1 unspecified atom stereocenters. The Kier molecular flexibility index (Phi) is 6.31. The summed E-state index contributed by atoms with van der Waals surface area (Å²) in [5.74, 6) is 0.0133. The molecule has 6 heteroatoms. The molecule has 1 saturated heterocycles. The van der Waals surface area contributed by atoms with Crippen LogP contribution in [0, 0.1) is 0 Å². The molecule has 0 bridgehead atoms. The highest BCUT2D eigenvalue weighted by molar-refractivity contribution is 5.91. The van der Waals surface area contributed by atoms with Crippen LogP contribution in [-0.4, -0.2) is 47.3 Å². The monoisotopic (exact) mass is 286 g/mol. The lowest BCUT2D eigenvalue weighted by molar-refractivity contribution is 0.0788. The molecule has 1 amide bonds. The quantitative estimate of drug-likeness (QED) is 0.917. The first kappa shape index (κ1) is 16.0. The Hall–Kier alpha value is -1.07. The third-order valence-corrected chi connectivity index (χ3v) is 3.38. The molecule has 0 saturated carbocycles. The fourth-order valence-electron chi connectivity index (χ4n) is 2.35. The van der Waals surface area contributed by atoms with Crippen molar-refractivity contribution in [1.29, 1.82) is 0 Å². The van der Waals surface area contributed by atoms with Crippen LogP contribution in [-0.2, 0) is 0 Å². The maximum absolute atomic E-state index is 12.1. The third-order valence-electron chi connectivity index (χ3n) is 3.38. The summed E-state index contributed by atoms with van der Waals surface area (Å²) in [6.45, 7) is 4.87. The number of rotatable bonds is 4. The van der Waals surface area contributed by atoms with E-state index in [4.69, 9.17) is 0 Å². The maximum atomic E-state index is 12.1. The van der Waals surface area contributed by atoms with E-state index in [0.29, 0.717) is 11.7 Å². The Bertz CT molecular complexity index is 401. The number of halogens is 1. The van der Waals surface area contributed by atoms with Crippen molar-refractivity contribution < 1.29 is 4.79 Å². The van der Waals surface area contributed by atoms with Crippen molar-refractivity contribution in [3.63, 3.8) is 0 Å². The second-order valence-corrected chi connectivity index (χ2v) is 4.91. The van der Waals surface area contributed by atoms with Crippen molar-refractivity contribution >= 4 is 18.3 Å². The molecule has 1 aromatic rings. The summed E-state index contributed by atoms with van der Waals surface area (Å²) in [4.78, 5) is 13.8. The Balaban J connectivity index is 0.00000180. The lowest BCUT2D eigenvalue weighted by Gasteiger charge is -2.23. The van der Waals surface area contributed by atoms with Gasteiger partial charge in [-0.1, -0.05) is 6.92 Å². The van der Waals surface area contributed by atoms with E-state index in [9.17, 15) is 4.79 Å². The zero-order valence-electron chi connectivity index (χ0n) is 11.6. The molecule has 0 aliphatic carbocycles. The van der Waals surface area contributed by atoms with Gasteiger partial charge in [0.15, 0.2) is 0 Å². The first-order chi connectivity index (χ1) is 8.72. The summed E-state index contributed by atoms with van der Waals surface area (Å²) in [6, 6.07) is 2.21. The maximum Gasteiger partial charge on any atom is 0.274 e. The van der Waals surface area contributed by atoms with Crippen LogP contribution in [0.25, 0.3) is 0 Å². The predicted octanol–water partition coefficient (Wildman–Crippen LogP) is 1.71. The normalized spacial score (nSPS) is 18.7. The minimum atomic E-state index is 0. The lowest BCUT2D eigenvalue weighted by atomic mass is 10.1. The molecular weight excluding hydrogens is 264 g/mol. The number of hydrogen-bond donors (Lipinski definition) is 1. The lowest BCUT2D eigenvalue weighted by Crippen LogP contribution is -2.32. The minimum absolute atomic E-state index is 0. The Morgan fingerprint density at radius 1 is 1.63 bits per heavy atom. The van der Waals surface area contributed by atoms with Crippen LogP contribution in [0.3, 0.4) is 0 Å². The van der Waals surface area contributed by atoms with Gasteiger partial charge in [0.1, 0.15) is 5.69 Å². The molecule has 0 spiro atoms. The highest BCUT2D eigenvalue weighted by Gasteiger charge is 2.19. The van der Waals surface area contributed by atoms with Crippen molar-refractivity contribution in [1.82, 2.24) is 20.0 Å². The average Bonchev–Trinajstić information content (AvgIpc) is 2.89. The fourth-order valence-corrected chi connectivity index (χ4v) is 2.35. The van der Waals surface area contributed by atoms with Gasteiger partial charge >= 0.3 is 0 Å². The molecule has 2 heterocycles. The van der Waals surface area contributed by atoms with E-state index in [1.54, 1.807) is 4.90 Å². The molecule has 19 heavy (non-hydrogen) atoms. The van der Waals surface area contributed by atoms with Gasteiger partial charge in [0.2, 0.25) is 0 Å². The first-order valence-corrected chi connectivity index (χ1v) is 6.73. The van der Waals surface area contributed by atoms with Crippen LogP contribution in [0.1, 0.15) is 42.7 Å². The topological polar surface area (TPSA) is 50.2 Å². The summed E-state index contributed by atoms with van der Waals surface area (Å²) in [7, 11) is 1.83. The highest BCUT2D eigenvalue weighted by atomic mass is 35.5. The number of hydrogen-bond acceptors (Lipinski definition) is 3. The van der Waals surface area contributed by atoms with Crippen LogP contribution in [0.2, 0.25) is 0 Å². The molecule has 1 fully saturated rings. The summed E-state index contributed by atoms with van der Waals surface area (Å²) in [6.07, 6.45) is 5.19. The smallest absolute Gasteiger partial charge is 0.274 e. The van der Waals surface area contributed by atoms with E-state index in [0.717, 1.165) is 32.5 Å². The van der Waals surface area contributed by atoms with Crippen LogP contribution in [0.15, 0.2) is 12.3 Å². The zero-order valence-corrected chi connectivity index (χ0v) is 12.4. The standard InChI is InChI=1S/C13H22N4O.ClH/c1-3-8-16(2)13(18)12-6-9-17(15-12)11-5-4-7-14-10-11;/h6,9,11,14H,3-5,7-8,10H2,1-2H3;1H. The van der Waals surface area contributed by atoms with E-state index in [-0.39, 0.29) is 18.3 Å². The molecule has 1 aliphatic heterocycles. The SMILES string of the molecule is CCCN(C)C(=O)c1ccn(C2CCCNC2)n1.Cl. The van der Waals surface area contributed by atoms with Gasteiger partial charge in [0.05, 0.1) is 6.04 Å². The number of carbonyl (C=O) groups excluding carboxylic acids is 1. The average molecular weight is 287 g/mol. The second kappa shape index (κ2) is 7.50. The molecule has 1 atom stereocenters. The van der Waals surface area contributed by atoms with Crippen molar-refractivity contribution in [2.24, 2.45) is 0 Å². The van der Waals surface area contributed by atoms with Gasteiger partial charge < -0.3 is 10.2 Å². The van der Waals surface area contributed by atoms with E-state index >= 15 is 0 Å².